The van der Waals surface area contributed by atoms with Gasteiger partial charge in [-0.25, -0.2) is 4.79 Å². The highest BCUT2D eigenvalue weighted by molar-refractivity contribution is 8.00. The van der Waals surface area contributed by atoms with E-state index in [0.29, 0.717) is 49.3 Å². The second kappa shape index (κ2) is 17.9. The minimum atomic E-state index is -0.575. The third-order valence-electron chi connectivity index (χ3n) is 7.61. The lowest BCUT2D eigenvalue weighted by Crippen LogP contribution is -2.30. The summed E-state index contributed by atoms with van der Waals surface area (Å²) in [6, 6.07) is 30.2. The Morgan fingerprint density at radius 1 is 0.827 bits per heavy atom. The molecule has 0 fully saturated rings. The van der Waals surface area contributed by atoms with Gasteiger partial charge in [0.2, 0.25) is 5.91 Å². The smallest absolute Gasteiger partial charge is 0.341 e. The third-order valence-corrected chi connectivity index (χ3v) is 9.60. The first-order chi connectivity index (χ1) is 25.2. The van der Waals surface area contributed by atoms with E-state index < -0.39 is 23.0 Å². The Morgan fingerprint density at radius 3 is 2.23 bits per heavy atom. The average Bonchev–Trinajstić information content (AvgIpc) is 3.58. The molecule has 266 valence electrons. The van der Waals surface area contributed by atoms with Gasteiger partial charge in [0.05, 0.1) is 26.1 Å². The van der Waals surface area contributed by atoms with E-state index in [1.807, 2.05) is 41.8 Å². The van der Waals surface area contributed by atoms with Crippen molar-refractivity contribution in [1.29, 1.82) is 0 Å². The Bertz CT molecular complexity index is 2080. The Kier molecular flexibility index (Phi) is 12.9. The second-order valence-corrected chi connectivity index (χ2v) is 13.5. The number of ether oxygens (including phenoxy) is 3. The van der Waals surface area contributed by atoms with Gasteiger partial charge in [0.25, 0.3) is 11.8 Å². The van der Waals surface area contributed by atoms with Crippen LogP contribution in [0.5, 0.6) is 11.5 Å². The molecule has 0 aliphatic heterocycles. The number of amides is 3. The maximum Gasteiger partial charge on any atom is 0.341 e. The number of anilines is 2. The Morgan fingerprint density at radius 2 is 1.54 bits per heavy atom. The minimum absolute atomic E-state index is 0.00454. The van der Waals surface area contributed by atoms with Crippen molar-refractivity contribution in [3.63, 3.8) is 0 Å². The van der Waals surface area contributed by atoms with Crippen LogP contribution in [0.4, 0.5) is 10.7 Å². The summed E-state index contributed by atoms with van der Waals surface area (Å²) < 4.78 is 16.1. The van der Waals surface area contributed by atoms with E-state index in [-0.39, 0.29) is 18.2 Å². The summed E-state index contributed by atoms with van der Waals surface area (Å²) in [6.45, 7) is 3.68. The van der Waals surface area contributed by atoms with Gasteiger partial charge in [0, 0.05) is 27.1 Å². The standard InChI is InChI=1S/C40H37N3O7S2/c1-5-50-40(47)35-31(27-13-8-6-9-14-27)24-51-39(35)43-36(44)25(2)52-30-18-12-17-29(23-30)41-38(46)32(42-37(45)28-15-10-7-11-16-28)21-26-19-20-33(48-3)34(22-26)49-4/h6-25H,5H2,1-4H3,(H,41,46)(H,42,45)(H,43,44)/b32-21+. The van der Waals surface area contributed by atoms with Gasteiger partial charge in [-0.15, -0.1) is 23.1 Å². The fraction of sp³-hybridized carbons (Fsp3) is 0.150. The first-order valence-electron chi connectivity index (χ1n) is 16.2. The maximum absolute atomic E-state index is 13.7. The molecule has 3 N–H and O–H groups in total. The van der Waals surface area contributed by atoms with Crippen molar-refractivity contribution < 1.29 is 33.4 Å². The Labute approximate surface area is 310 Å². The lowest BCUT2D eigenvalue weighted by molar-refractivity contribution is -0.115. The number of benzene rings is 4. The van der Waals surface area contributed by atoms with Gasteiger partial charge >= 0.3 is 5.97 Å². The van der Waals surface area contributed by atoms with Crippen molar-refractivity contribution in [1.82, 2.24) is 5.32 Å². The molecule has 5 rings (SSSR count). The van der Waals surface area contributed by atoms with E-state index in [1.165, 1.54) is 37.3 Å². The number of rotatable bonds is 14. The molecular weight excluding hydrogens is 699 g/mol. The van der Waals surface area contributed by atoms with Crippen molar-refractivity contribution in [2.45, 2.75) is 24.0 Å². The summed E-state index contributed by atoms with van der Waals surface area (Å²) >= 11 is 2.54. The number of hydrogen-bond acceptors (Lipinski definition) is 9. The van der Waals surface area contributed by atoms with Crippen molar-refractivity contribution in [3.05, 3.63) is 131 Å². The molecule has 4 aromatic carbocycles. The molecule has 12 heteroatoms. The van der Waals surface area contributed by atoms with Crippen molar-refractivity contribution >= 4 is 63.6 Å². The molecule has 10 nitrogen and oxygen atoms in total. The lowest BCUT2D eigenvalue weighted by Gasteiger charge is -2.15. The molecule has 0 saturated heterocycles. The number of methoxy groups -OCH3 is 2. The Balaban J connectivity index is 1.32. The maximum atomic E-state index is 13.7. The summed E-state index contributed by atoms with van der Waals surface area (Å²) in [7, 11) is 3.04. The van der Waals surface area contributed by atoms with Gasteiger partial charge in [-0.3, -0.25) is 14.4 Å². The summed E-state index contributed by atoms with van der Waals surface area (Å²) in [5.41, 5.74) is 3.25. The van der Waals surface area contributed by atoms with Crippen LogP contribution >= 0.6 is 23.1 Å². The molecule has 1 unspecified atom stereocenters. The van der Waals surface area contributed by atoms with E-state index in [4.69, 9.17) is 14.2 Å². The molecule has 0 saturated carbocycles. The summed E-state index contributed by atoms with van der Waals surface area (Å²) in [5, 5.41) is 10.2. The van der Waals surface area contributed by atoms with E-state index >= 15 is 0 Å². The highest BCUT2D eigenvalue weighted by Gasteiger charge is 2.25. The molecule has 0 radical (unpaired) electrons. The zero-order chi connectivity index (χ0) is 37.0. The van der Waals surface area contributed by atoms with Crippen LogP contribution in [0.15, 0.2) is 119 Å². The van der Waals surface area contributed by atoms with E-state index in [2.05, 4.69) is 16.0 Å². The first kappa shape index (κ1) is 37.4. The van der Waals surface area contributed by atoms with Crippen LogP contribution in [0.3, 0.4) is 0 Å². The fourth-order valence-electron chi connectivity index (χ4n) is 5.05. The number of carbonyl (C=O) groups is 4. The van der Waals surface area contributed by atoms with Gasteiger partial charge in [-0.2, -0.15) is 0 Å². The molecule has 1 heterocycles. The van der Waals surface area contributed by atoms with Crippen LogP contribution in [0, 0.1) is 0 Å². The molecule has 5 aromatic rings. The van der Waals surface area contributed by atoms with Crippen LogP contribution in [0.1, 0.15) is 40.1 Å². The van der Waals surface area contributed by atoms with Gasteiger partial charge in [0.15, 0.2) is 11.5 Å². The fourth-order valence-corrected chi connectivity index (χ4v) is 6.94. The molecule has 1 aromatic heterocycles. The molecule has 0 aliphatic carbocycles. The second-order valence-electron chi connectivity index (χ2n) is 11.2. The van der Waals surface area contributed by atoms with Crippen LogP contribution < -0.4 is 25.4 Å². The van der Waals surface area contributed by atoms with Gasteiger partial charge < -0.3 is 30.2 Å². The molecule has 1 atom stereocenters. The highest BCUT2D eigenvalue weighted by atomic mass is 32.2. The van der Waals surface area contributed by atoms with E-state index in [9.17, 15) is 19.2 Å². The number of hydrogen-bond donors (Lipinski definition) is 3. The van der Waals surface area contributed by atoms with Gasteiger partial charge in [0.1, 0.15) is 16.3 Å². The summed E-state index contributed by atoms with van der Waals surface area (Å²) in [5.74, 6) is -0.870. The lowest BCUT2D eigenvalue weighted by atomic mass is 10.0. The van der Waals surface area contributed by atoms with Crippen LogP contribution in [0.2, 0.25) is 0 Å². The van der Waals surface area contributed by atoms with E-state index in [1.54, 1.807) is 86.7 Å². The Hall–Kier alpha value is -5.85. The number of esters is 1. The molecule has 3 amide bonds. The van der Waals surface area contributed by atoms with Crippen LogP contribution in [-0.2, 0) is 14.3 Å². The molecule has 0 aliphatic rings. The number of nitrogens with one attached hydrogen (secondary N) is 3. The van der Waals surface area contributed by atoms with Crippen LogP contribution in [0.25, 0.3) is 17.2 Å². The van der Waals surface area contributed by atoms with Gasteiger partial charge in [-0.05, 0) is 73.5 Å². The molecular formula is C40H37N3O7S2. The summed E-state index contributed by atoms with van der Waals surface area (Å²) in [6.07, 6.45) is 1.54. The van der Waals surface area contributed by atoms with Gasteiger partial charge in [-0.1, -0.05) is 60.7 Å². The van der Waals surface area contributed by atoms with Crippen LogP contribution in [-0.4, -0.2) is 49.8 Å². The largest absolute Gasteiger partial charge is 0.493 e. The highest BCUT2D eigenvalue weighted by Crippen LogP contribution is 2.37. The number of carbonyl (C=O) groups excluding carboxylic acids is 4. The quantitative estimate of drug-likeness (QED) is 0.0592. The SMILES string of the molecule is CCOC(=O)c1c(-c2ccccc2)csc1NC(=O)C(C)Sc1cccc(NC(=O)/C(=C\c2ccc(OC)c(OC)c2)NC(=O)c2ccccc2)c1. The predicted molar refractivity (Wildman–Crippen MR) is 206 cm³/mol. The molecule has 52 heavy (non-hydrogen) atoms. The van der Waals surface area contributed by atoms with Crippen molar-refractivity contribution in [2.75, 3.05) is 31.5 Å². The van der Waals surface area contributed by atoms with E-state index in [0.717, 1.165) is 5.56 Å². The van der Waals surface area contributed by atoms with Crippen molar-refractivity contribution in [3.8, 4) is 22.6 Å². The average molecular weight is 736 g/mol. The molecule has 0 bridgehead atoms. The molecule has 0 spiro atoms. The minimum Gasteiger partial charge on any atom is -0.493 e. The number of thiophene rings is 1. The zero-order valence-electron chi connectivity index (χ0n) is 28.9. The normalized spacial score (nSPS) is 11.6. The zero-order valence-corrected chi connectivity index (χ0v) is 30.6. The first-order valence-corrected chi connectivity index (χ1v) is 18.0. The van der Waals surface area contributed by atoms with Crippen molar-refractivity contribution in [2.24, 2.45) is 0 Å². The third kappa shape index (κ3) is 9.47. The predicted octanol–water partition coefficient (Wildman–Crippen LogP) is 8.14. The number of thioether (sulfide) groups is 1. The topological polar surface area (TPSA) is 132 Å². The monoisotopic (exact) mass is 735 g/mol. The summed E-state index contributed by atoms with van der Waals surface area (Å²) in [4.78, 5) is 53.9.